The number of aryl methyl sites for hydroxylation is 1. The van der Waals surface area contributed by atoms with Crippen molar-refractivity contribution in [3.05, 3.63) is 35.4 Å². The fourth-order valence-corrected chi connectivity index (χ4v) is 2.93. The molecule has 0 spiro atoms. The fourth-order valence-electron chi connectivity index (χ4n) is 2.93. The lowest BCUT2D eigenvalue weighted by molar-refractivity contribution is -0.157. The van der Waals surface area contributed by atoms with E-state index in [9.17, 15) is 9.59 Å². The molecule has 0 saturated carbocycles. The van der Waals surface area contributed by atoms with Crippen LogP contribution in [-0.2, 0) is 14.3 Å². The highest BCUT2D eigenvalue weighted by atomic mass is 16.5. The zero-order valence-corrected chi connectivity index (χ0v) is 13.7. The number of carbonyl (C=O) groups excluding carboxylic acids is 2. The first-order valence-corrected chi connectivity index (χ1v) is 8.08. The van der Waals surface area contributed by atoms with Crippen LogP contribution < -0.4 is 0 Å². The molecule has 1 aliphatic heterocycles. The molecular formula is C18H25NO3. The molecule has 0 bridgehead atoms. The lowest BCUT2D eigenvalue weighted by Gasteiger charge is -2.35. The summed E-state index contributed by atoms with van der Waals surface area (Å²) in [6, 6.07) is 7.58. The smallest absolute Gasteiger partial charge is 0.328 e. The Balaban J connectivity index is 2.14. The lowest BCUT2D eigenvalue weighted by Crippen LogP contribution is -2.50. The van der Waals surface area contributed by atoms with E-state index in [1.165, 1.54) is 5.56 Å². The van der Waals surface area contributed by atoms with Crippen LogP contribution in [-0.4, -0.2) is 36.0 Å². The van der Waals surface area contributed by atoms with Crippen LogP contribution in [0.5, 0.6) is 0 Å². The van der Waals surface area contributed by atoms with Gasteiger partial charge in [0.1, 0.15) is 6.04 Å². The van der Waals surface area contributed by atoms with Gasteiger partial charge in [0.15, 0.2) is 0 Å². The van der Waals surface area contributed by atoms with E-state index in [2.05, 4.69) is 0 Å². The van der Waals surface area contributed by atoms with Gasteiger partial charge < -0.3 is 9.64 Å². The third-order valence-corrected chi connectivity index (χ3v) is 4.29. The molecule has 1 amide bonds. The normalized spacial score (nSPS) is 19.6. The lowest BCUT2D eigenvalue weighted by atomic mass is 9.95. The molecule has 2 rings (SSSR count). The molecule has 0 radical (unpaired) electrons. The summed E-state index contributed by atoms with van der Waals surface area (Å²) >= 11 is 0. The van der Waals surface area contributed by atoms with Gasteiger partial charge in [-0.05, 0) is 45.6 Å². The molecule has 0 N–H and O–H groups in total. The van der Waals surface area contributed by atoms with Gasteiger partial charge in [-0.15, -0.1) is 0 Å². The van der Waals surface area contributed by atoms with Crippen molar-refractivity contribution in [1.82, 2.24) is 4.90 Å². The summed E-state index contributed by atoms with van der Waals surface area (Å²) in [4.78, 5) is 26.6. The average molecular weight is 303 g/mol. The Kier molecular flexibility index (Phi) is 5.58. The minimum Gasteiger partial charge on any atom is -0.464 e. The number of carbonyl (C=O) groups is 2. The molecular weight excluding hydrogens is 278 g/mol. The summed E-state index contributed by atoms with van der Waals surface area (Å²) in [6.45, 7) is 6.71. The van der Waals surface area contributed by atoms with Crippen molar-refractivity contribution in [2.75, 3.05) is 13.2 Å². The van der Waals surface area contributed by atoms with Crippen LogP contribution in [0, 0.1) is 6.92 Å². The van der Waals surface area contributed by atoms with Crippen LogP contribution in [0.1, 0.15) is 50.2 Å². The van der Waals surface area contributed by atoms with Crippen LogP contribution in [0.3, 0.4) is 0 Å². The van der Waals surface area contributed by atoms with E-state index in [1.54, 1.807) is 11.8 Å². The molecule has 0 aliphatic carbocycles. The predicted molar refractivity (Wildman–Crippen MR) is 85.6 cm³/mol. The second-order valence-electron chi connectivity index (χ2n) is 5.93. The summed E-state index contributed by atoms with van der Waals surface area (Å²) in [5.41, 5.74) is 2.16. The molecule has 4 heteroatoms. The second kappa shape index (κ2) is 7.43. The van der Waals surface area contributed by atoms with Crippen LogP contribution >= 0.6 is 0 Å². The molecule has 120 valence electrons. The van der Waals surface area contributed by atoms with E-state index in [0.29, 0.717) is 19.6 Å². The number of benzene rings is 1. The SMILES string of the molecule is CCOC(=O)C1CCCCN1C(=O)C(C)c1ccc(C)cc1. The van der Waals surface area contributed by atoms with Crippen molar-refractivity contribution in [2.24, 2.45) is 0 Å². The van der Waals surface area contributed by atoms with Crippen molar-refractivity contribution in [3.8, 4) is 0 Å². The Morgan fingerprint density at radius 1 is 1.27 bits per heavy atom. The number of nitrogens with zero attached hydrogens (tertiary/aromatic N) is 1. The van der Waals surface area contributed by atoms with Crippen LogP contribution in [0.15, 0.2) is 24.3 Å². The Bertz CT molecular complexity index is 524. The average Bonchev–Trinajstić information content (AvgIpc) is 2.54. The topological polar surface area (TPSA) is 46.6 Å². The van der Waals surface area contributed by atoms with Gasteiger partial charge in [0.05, 0.1) is 12.5 Å². The van der Waals surface area contributed by atoms with Gasteiger partial charge in [-0.2, -0.15) is 0 Å². The summed E-state index contributed by atoms with van der Waals surface area (Å²) in [6.07, 6.45) is 2.61. The molecule has 1 heterocycles. The number of piperidine rings is 1. The van der Waals surface area contributed by atoms with E-state index in [4.69, 9.17) is 4.74 Å². The first-order valence-electron chi connectivity index (χ1n) is 8.08. The molecule has 1 aromatic carbocycles. The molecule has 0 aromatic heterocycles. The zero-order valence-electron chi connectivity index (χ0n) is 13.7. The van der Waals surface area contributed by atoms with E-state index in [-0.39, 0.29) is 17.8 Å². The van der Waals surface area contributed by atoms with Gasteiger partial charge in [-0.1, -0.05) is 29.8 Å². The highest BCUT2D eigenvalue weighted by Gasteiger charge is 2.35. The van der Waals surface area contributed by atoms with Gasteiger partial charge >= 0.3 is 5.97 Å². The minimum absolute atomic E-state index is 0.0154. The molecule has 1 fully saturated rings. The maximum absolute atomic E-state index is 12.8. The first kappa shape index (κ1) is 16.5. The summed E-state index contributed by atoms with van der Waals surface area (Å²) in [5.74, 6) is -0.496. The van der Waals surface area contributed by atoms with Crippen LogP contribution in [0.4, 0.5) is 0 Å². The van der Waals surface area contributed by atoms with Crippen molar-refractivity contribution in [1.29, 1.82) is 0 Å². The second-order valence-corrected chi connectivity index (χ2v) is 5.93. The molecule has 4 nitrogen and oxygen atoms in total. The number of likely N-dealkylation sites (tertiary alicyclic amines) is 1. The Morgan fingerprint density at radius 2 is 1.95 bits per heavy atom. The summed E-state index contributed by atoms with van der Waals surface area (Å²) in [7, 11) is 0. The minimum atomic E-state index is -0.422. The third-order valence-electron chi connectivity index (χ3n) is 4.29. The van der Waals surface area contributed by atoms with Gasteiger partial charge in [0.2, 0.25) is 5.91 Å². The Hall–Kier alpha value is -1.84. The maximum atomic E-state index is 12.8. The summed E-state index contributed by atoms with van der Waals surface area (Å²) in [5, 5.41) is 0. The van der Waals surface area contributed by atoms with Crippen molar-refractivity contribution < 1.29 is 14.3 Å². The van der Waals surface area contributed by atoms with Crippen LogP contribution in [0.25, 0.3) is 0 Å². The van der Waals surface area contributed by atoms with Crippen molar-refractivity contribution in [2.45, 2.75) is 52.0 Å². The van der Waals surface area contributed by atoms with Gasteiger partial charge in [-0.25, -0.2) is 4.79 Å². The molecule has 2 atom stereocenters. The quantitative estimate of drug-likeness (QED) is 0.803. The fraction of sp³-hybridized carbons (Fsp3) is 0.556. The number of hydrogen-bond acceptors (Lipinski definition) is 3. The van der Waals surface area contributed by atoms with E-state index in [0.717, 1.165) is 18.4 Å². The number of hydrogen-bond donors (Lipinski definition) is 0. The molecule has 1 aromatic rings. The Labute approximate surface area is 132 Å². The van der Waals surface area contributed by atoms with Gasteiger partial charge in [0.25, 0.3) is 0 Å². The monoisotopic (exact) mass is 303 g/mol. The summed E-state index contributed by atoms with van der Waals surface area (Å²) < 4.78 is 5.13. The molecule has 2 unspecified atom stereocenters. The highest BCUT2D eigenvalue weighted by Crippen LogP contribution is 2.25. The number of rotatable bonds is 4. The number of esters is 1. The van der Waals surface area contributed by atoms with E-state index >= 15 is 0 Å². The van der Waals surface area contributed by atoms with Gasteiger partial charge in [-0.3, -0.25) is 4.79 Å². The zero-order chi connectivity index (χ0) is 16.1. The van der Waals surface area contributed by atoms with Crippen molar-refractivity contribution in [3.63, 3.8) is 0 Å². The third kappa shape index (κ3) is 3.67. The van der Waals surface area contributed by atoms with E-state index < -0.39 is 6.04 Å². The maximum Gasteiger partial charge on any atom is 0.328 e. The van der Waals surface area contributed by atoms with Gasteiger partial charge in [0, 0.05) is 6.54 Å². The molecule has 1 saturated heterocycles. The standard InChI is InChI=1S/C18H25NO3/c1-4-22-18(21)16-7-5-6-12-19(16)17(20)14(3)15-10-8-13(2)9-11-15/h8-11,14,16H,4-7,12H2,1-3H3. The number of amides is 1. The largest absolute Gasteiger partial charge is 0.464 e. The van der Waals surface area contributed by atoms with Crippen LogP contribution in [0.2, 0.25) is 0 Å². The predicted octanol–water partition coefficient (Wildman–Crippen LogP) is 3.04. The highest BCUT2D eigenvalue weighted by molar-refractivity contribution is 5.88. The Morgan fingerprint density at radius 3 is 2.59 bits per heavy atom. The first-order chi connectivity index (χ1) is 10.5. The molecule has 1 aliphatic rings. The van der Waals surface area contributed by atoms with E-state index in [1.807, 2.05) is 38.1 Å². The van der Waals surface area contributed by atoms with Crippen molar-refractivity contribution >= 4 is 11.9 Å². The number of ether oxygens (including phenoxy) is 1. The molecule has 22 heavy (non-hydrogen) atoms.